The Morgan fingerprint density at radius 3 is 2.42 bits per heavy atom. The zero-order valence-corrected chi connectivity index (χ0v) is 24.3. The highest BCUT2D eigenvalue weighted by molar-refractivity contribution is 5.83. The van der Waals surface area contributed by atoms with E-state index in [1.807, 2.05) is 12.1 Å². The highest BCUT2D eigenvalue weighted by atomic mass is 16.5. The van der Waals surface area contributed by atoms with Gasteiger partial charge >= 0.3 is 0 Å². The Balaban J connectivity index is 1.65. The summed E-state index contributed by atoms with van der Waals surface area (Å²) >= 11 is 0. The maximum absolute atomic E-state index is 11.4. The van der Waals surface area contributed by atoms with Crippen LogP contribution in [-0.4, -0.2) is 35.6 Å². The molecule has 0 radical (unpaired) electrons. The van der Waals surface area contributed by atoms with Gasteiger partial charge in [-0.25, -0.2) is 0 Å². The summed E-state index contributed by atoms with van der Waals surface area (Å²) in [6, 6.07) is 11.1. The van der Waals surface area contributed by atoms with Gasteiger partial charge in [-0.15, -0.1) is 0 Å². The first-order valence-corrected chi connectivity index (χ1v) is 14.6. The summed E-state index contributed by atoms with van der Waals surface area (Å²) in [4.78, 5) is 0. The van der Waals surface area contributed by atoms with E-state index in [4.69, 9.17) is 14.2 Å². The minimum Gasteiger partial charge on any atom is -0.508 e. The van der Waals surface area contributed by atoms with Crippen LogP contribution in [0.2, 0.25) is 0 Å². The highest BCUT2D eigenvalue weighted by Crippen LogP contribution is 2.54. The number of methoxy groups -OCH3 is 2. The lowest BCUT2D eigenvalue weighted by molar-refractivity contribution is 0.0201. The standard InChI is InChI=1S/C34H42O6/c1-6-7-8-9-20-13-22-15-27(36)23(12-19(2)3)14-24(22)33-31(39-5)18-29-25(32(20)33)17-28(37)34(40-29)21-10-11-26(35)30(16-21)38-4/h10-11,14-16,18-20,28,34-37H,6-9,12-13,17H2,1-5H3/t20-,28+,34-/m0/s1. The van der Waals surface area contributed by atoms with Gasteiger partial charge in [0.05, 0.1) is 20.3 Å². The van der Waals surface area contributed by atoms with E-state index < -0.39 is 12.2 Å². The number of aromatic hydroxyl groups is 2. The van der Waals surface area contributed by atoms with Crippen LogP contribution >= 0.6 is 0 Å². The van der Waals surface area contributed by atoms with Crippen molar-refractivity contribution in [3.8, 4) is 39.9 Å². The molecule has 5 rings (SSSR count). The van der Waals surface area contributed by atoms with E-state index in [9.17, 15) is 15.3 Å². The van der Waals surface area contributed by atoms with Gasteiger partial charge in [0.25, 0.3) is 0 Å². The van der Waals surface area contributed by atoms with Gasteiger partial charge in [-0.05, 0) is 83.2 Å². The topological polar surface area (TPSA) is 88.4 Å². The summed E-state index contributed by atoms with van der Waals surface area (Å²) < 4.78 is 17.9. The third-order valence-electron chi connectivity index (χ3n) is 8.40. The predicted octanol–water partition coefficient (Wildman–Crippen LogP) is 7.24. The average Bonchev–Trinajstić information content (AvgIpc) is 2.93. The Bertz CT molecular complexity index is 1380. The van der Waals surface area contributed by atoms with E-state index in [-0.39, 0.29) is 11.7 Å². The highest BCUT2D eigenvalue weighted by Gasteiger charge is 2.38. The Morgan fingerprint density at radius 2 is 1.73 bits per heavy atom. The van der Waals surface area contributed by atoms with Crippen LogP contribution in [-0.2, 0) is 19.3 Å². The van der Waals surface area contributed by atoms with Crippen molar-refractivity contribution in [3.05, 3.63) is 64.2 Å². The lowest BCUT2D eigenvalue weighted by Crippen LogP contribution is -2.32. The molecule has 214 valence electrons. The third-order valence-corrected chi connectivity index (χ3v) is 8.40. The molecule has 1 heterocycles. The second-order valence-electron chi connectivity index (χ2n) is 11.7. The van der Waals surface area contributed by atoms with Gasteiger partial charge < -0.3 is 29.5 Å². The van der Waals surface area contributed by atoms with Crippen LogP contribution in [0, 0.1) is 5.92 Å². The monoisotopic (exact) mass is 546 g/mol. The van der Waals surface area contributed by atoms with Crippen LogP contribution in [0.4, 0.5) is 0 Å². The zero-order valence-electron chi connectivity index (χ0n) is 24.3. The van der Waals surface area contributed by atoms with Crippen LogP contribution in [0.5, 0.6) is 28.7 Å². The van der Waals surface area contributed by atoms with Crippen molar-refractivity contribution in [2.45, 2.75) is 83.8 Å². The van der Waals surface area contributed by atoms with Gasteiger partial charge in [0, 0.05) is 23.6 Å². The van der Waals surface area contributed by atoms with Crippen LogP contribution in [0.1, 0.15) is 86.3 Å². The molecule has 0 saturated carbocycles. The number of fused-ring (bicyclic) bond motifs is 5. The number of aliphatic hydroxyl groups is 1. The number of hydrogen-bond acceptors (Lipinski definition) is 6. The van der Waals surface area contributed by atoms with Crippen molar-refractivity contribution in [1.29, 1.82) is 0 Å². The molecule has 0 saturated heterocycles. The van der Waals surface area contributed by atoms with Gasteiger partial charge in [0.15, 0.2) is 11.5 Å². The van der Waals surface area contributed by atoms with E-state index in [1.54, 1.807) is 25.3 Å². The van der Waals surface area contributed by atoms with Crippen molar-refractivity contribution in [1.82, 2.24) is 0 Å². The van der Waals surface area contributed by atoms with Crippen LogP contribution in [0.15, 0.2) is 36.4 Å². The summed E-state index contributed by atoms with van der Waals surface area (Å²) in [5.41, 5.74) is 7.24. The number of ether oxygens (including phenoxy) is 3. The number of aliphatic hydroxyl groups excluding tert-OH is 1. The van der Waals surface area contributed by atoms with Crippen LogP contribution in [0.3, 0.4) is 0 Å². The smallest absolute Gasteiger partial charge is 0.160 e. The molecule has 1 aliphatic carbocycles. The molecule has 1 aliphatic heterocycles. The predicted molar refractivity (Wildman–Crippen MR) is 157 cm³/mol. The van der Waals surface area contributed by atoms with Gasteiger partial charge in [-0.3, -0.25) is 0 Å². The minimum absolute atomic E-state index is 0.0455. The van der Waals surface area contributed by atoms with Crippen molar-refractivity contribution in [2.24, 2.45) is 5.92 Å². The number of phenols is 2. The normalized spacial score (nSPS) is 19.4. The van der Waals surface area contributed by atoms with Gasteiger partial charge in [0.1, 0.15) is 23.4 Å². The molecule has 3 aromatic rings. The van der Waals surface area contributed by atoms with E-state index in [0.717, 1.165) is 83.4 Å². The molecule has 3 aromatic carbocycles. The Morgan fingerprint density at radius 1 is 0.950 bits per heavy atom. The average molecular weight is 547 g/mol. The van der Waals surface area contributed by atoms with Gasteiger partial charge in [-0.1, -0.05) is 46.1 Å². The molecule has 0 unspecified atom stereocenters. The molecule has 0 spiro atoms. The molecule has 6 heteroatoms. The van der Waals surface area contributed by atoms with Crippen molar-refractivity contribution < 1.29 is 29.5 Å². The second kappa shape index (κ2) is 11.6. The quantitative estimate of drug-likeness (QED) is 0.245. The fraction of sp³-hybridized carbons (Fsp3) is 0.471. The lowest BCUT2D eigenvalue weighted by Gasteiger charge is -2.38. The summed E-state index contributed by atoms with van der Waals surface area (Å²) in [7, 11) is 3.20. The molecule has 40 heavy (non-hydrogen) atoms. The largest absolute Gasteiger partial charge is 0.508 e. The molecule has 0 bridgehead atoms. The number of phenolic OH excluding ortho intramolecular Hbond substituents is 2. The molecule has 0 fully saturated rings. The Kier molecular flexibility index (Phi) is 8.18. The van der Waals surface area contributed by atoms with Crippen LogP contribution < -0.4 is 14.2 Å². The number of hydrogen-bond donors (Lipinski definition) is 3. The van der Waals surface area contributed by atoms with Gasteiger partial charge in [0.2, 0.25) is 0 Å². The molecular formula is C34H42O6. The fourth-order valence-electron chi connectivity index (χ4n) is 6.53. The molecule has 0 amide bonds. The van der Waals surface area contributed by atoms with Crippen molar-refractivity contribution >= 4 is 0 Å². The molecule has 2 aliphatic rings. The maximum Gasteiger partial charge on any atom is 0.160 e. The second-order valence-corrected chi connectivity index (χ2v) is 11.7. The van der Waals surface area contributed by atoms with Crippen LogP contribution in [0.25, 0.3) is 11.1 Å². The van der Waals surface area contributed by atoms with E-state index in [0.29, 0.717) is 23.8 Å². The Labute approximate surface area is 237 Å². The third kappa shape index (κ3) is 5.22. The molecule has 6 nitrogen and oxygen atoms in total. The van der Waals surface area contributed by atoms with E-state index in [1.165, 1.54) is 12.7 Å². The summed E-state index contributed by atoms with van der Waals surface area (Å²) in [5, 5.41) is 32.4. The van der Waals surface area contributed by atoms with E-state index in [2.05, 4.69) is 26.8 Å². The molecule has 3 N–H and O–H groups in total. The van der Waals surface area contributed by atoms with Crippen molar-refractivity contribution in [3.63, 3.8) is 0 Å². The first kappa shape index (κ1) is 28.2. The minimum atomic E-state index is -0.770. The molecular weight excluding hydrogens is 504 g/mol. The molecule has 3 atom stereocenters. The number of benzene rings is 3. The van der Waals surface area contributed by atoms with E-state index >= 15 is 0 Å². The summed E-state index contributed by atoms with van der Waals surface area (Å²) in [5.74, 6) is 2.87. The first-order valence-electron chi connectivity index (χ1n) is 14.6. The SMILES string of the molecule is CCCCC[C@H]1Cc2cc(O)c(CC(C)C)cc2-c2c(OC)cc3c(c21)C[C@@H](O)[C@H](c1ccc(O)c(OC)c1)O3. The zero-order chi connectivity index (χ0) is 28.6. The summed E-state index contributed by atoms with van der Waals surface area (Å²) in [6.45, 7) is 6.53. The lowest BCUT2D eigenvalue weighted by atomic mass is 9.72. The fourth-order valence-corrected chi connectivity index (χ4v) is 6.53. The molecule has 0 aromatic heterocycles. The summed E-state index contributed by atoms with van der Waals surface area (Å²) in [6.07, 6.45) is 5.13. The van der Waals surface area contributed by atoms with Gasteiger partial charge in [-0.2, -0.15) is 0 Å². The number of rotatable bonds is 9. The van der Waals surface area contributed by atoms with Crippen molar-refractivity contribution in [2.75, 3.05) is 14.2 Å². The Hall–Kier alpha value is -3.38. The maximum atomic E-state index is 11.4. The first-order chi connectivity index (χ1) is 19.2. The number of unbranched alkanes of at least 4 members (excludes halogenated alkanes) is 2.